The zero-order valence-electron chi connectivity index (χ0n) is 11.8. The predicted molar refractivity (Wildman–Crippen MR) is 74.3 cm³/mol. The molecule has 3 nitrogen and oxygen atoms in total. The Labute approximate surface area is 111 Å². The fourth-order valence-corrected chi connectivity index (χ4v) is 2.86. The first-order chi connectivity index (χ1) is 8.72. The lowest BCUT2D eigenvalue weighted by Gasteiger charge is -2.22. The van der Waals surface area contributed by atoms with Crippen LogP contribution in [0.15, 0.2) is 0 Å². The maximum Gasteiger partial charge on any atom is 0.305 e. The highest BCUT2D eigenvalue weighted by molar-refractivity contribution is 5.69. The van der Waals surface area contributed by atoms with E-state index in [9.17, 15) is 4.79 Å². The van der Waals surface area contributed by atoms with Gasteiger partial charge in [-0.05, 0) is 25.7 Å². The number of ether oxygens (including phenoxy) is 1. The van der Waals surface area contributed by atoms with Gasteiger partial charge in [-0.15, -0.1) is 0 Å². The zero-order chi connectivity index (χ0) is 13.2. The van der Waals surface area contributed by atoms with Gasteiger partial charge in [0.2, 0.25) is 0 Å². The summed E-state index contributed by atoms with van der Waals surface area (Å²) in [6.07, 6.45) is 11.9. The van der Waals surface area contributed by atoms with Crippen molar-refractivity contribution in [1.82, 2.24) is 0 Å². The third-order valence-electron chi connectivity index (χ3n) is 3.89. The van der Waals surface area contributed by atoms with Crippen molar-refractivity contribution in [2.24, 2.45) is 11.7 Å². The van der Waals surface area contributed by atoms with Crippen LogP contribution in [0.25, 0.3) is 0 Å². The Bertz CT molecular complexity index is 223. The highest BCUT2D eigenvalue weighted by Crippen LogP contribution is 2.26. The second-order valence-corrected chi connectivity index (χ2v) is 5.55. The standard InChI is InChI=1S/C15H29NO2/c1-2-18-15(17)11-10-14(16)12-13-8-6-4-3-5-7-9-13/h13-14H,2-12,16H2,1H3. The third-order valence-corrected chi connectivity index (χ3v) is 3.89. The predicted octanol–water partition coefficient (Wildman–Crippen LogP) is 3.41. The van der Waals surface area contributed by atoms with Crippen LogP contribution in [-0.4, -0.2) is 18.6 Å². The Kier molecular flexibility index (Phi) is 8.06. The number of hydrogen-bond acceptors (Lipinski definition) is 3. The van der Waals surface area contributed by atoms with Crippen molar-refractivity contribution in [3.8, 4) is 0 Å². The molecule has 18 heavy (non-hydrogen) atoms. The van der Waals surface area contributed by atoms with Crippen molar-refractivity contribution in [2.45, 2.75) is 77.2 Å². The van der Waals surface area contributed by atoms with Crippen molar-refractivity contribution in [2.75, 3.05) is 6.61 Å². The molecule has 0 bridgehead atoms. The van der Waals surface area contributed by atoms with E-state index in [1.54, 1.807) is 0 Å². The number of nitrogens with two attached hydrogens (primary N) is 1. The lowest BCUT2D eigenvalue weighted by Crippen LogP contribution is -2.25. The number of carbonyl (C=O) groups excluding carboxylic acids is 1. The topological polar surface area (TPSA) is 52.3 Å². The van der Waals surface area contributed by atoms with E-state index >= 15 is 0 Å². The molecule has 0 radical (unpaired) electrons. The molecule has 1 aliphatic carbocycles. The highest BCUT2D eigenvalue weighted by Gasteiger charge is 2.16. The molecule has 3 heteroatoms. The molecule has 1 aliphatic rings. The Balaban J connectivity index is 2.16. The van der Waals surface area contributed by atoms with Gasteiger partial charge in [0, 0.05) is 12.5 Å². The molecule has 2 N–H and O–H groups in total. The van der Waals surface area contributed by atoms with Gasteiger partial charge < -0.3 is 10.5 Å². The van der Waals surface area contributed by atoms with Crippen molar-refractivity contribution in [3.05, 3.63) is 0 Å². The molecular formula is C15H29NO2. The van der Waals surface area contributed by atoms with E-state index in [4.69, 9.17) is 10.5 Å². The number of rotatable bonds is 6. The minimum absolute atomic E-state index is 0.106. The van der Waals surface area contributed by atoms with Gasteiger partial charge in [-0.3, -0.25) is 4.79 Å². The molecular weight excluding hydrogens is 226 g/mol. The van der Waals surface area contributed by atoms with Crippen LogP contribution in [0, 0.1) is 5.92 Å². The van der Waals surface area contributed by atoms with Crippen LogP contribution in [0.4, 0.5) is 0 Å². The van der Waals surface area contributed by atoms with Gasteiger partial charge in [0.25, 0.3) is 0 Å². The first kappa shape index (κ1) is 15.5. The quantitative estimate of drug-likeness (QED) is 0.740. The molecule has 106 valence electrons. The fourth-order valence-electron chi connectivity index (χ4n) is 2.86. The fraction of sp³-hybridized carbons (Fsp3) is 0.933. The third kappa shape index (κ3) is 7.00. The molecule has 0 aromatic rings. The van der Waals surface area contributed by atoms with Crippen molar-refractivity contribution in [1.29, 1.82) is 0 Å². The van der Waals surface area contributed by atoms with E-state index in [1.165, 1.54) is 44.9 Å². The van der Waals surface area contributed by atoms with Gasteiger partial charge in [0.1, 0.15) is 0 Å². The van der Waals surface area contributed by atoms with Crippen LogP contribution in [0.1, 0.15) is 71.1 Å². The molecule has 0 aromatic carbocycles. The van der Waals surface area contributed by atoms with E-state index in [-0.39, 0.29) is 12.0 Å². The van der Waals surface area contributed by atoms with E-state index in [0.29, 0.717) is 13.0 Å². The molecule has 1 atom stereocenters. The molecule has 1 fully saturated rings. The molecule has 0 saturated heterocycles. The van der Waals surface area contributed by atoms with Crippen molar-refractivity contribution < 1.29 is 9.53 Å². The van der Waals surface area contributed by atoms with Gasteiger partial charge in [-0.1, -0.05) is 44.9 Å². The van der Waals surface area contributed by atoms with Crippen molar-refractivity contribution >= 4 is 5.97 Å². The smallest absolute Gasteiger partial charge is 0.305 e. The monoisotopic (exact) mass is 255 g/mol. The van der Waals surface area contributed by atoms with Gasteiger partial charge in [0.05, 0.1) is 6.61 Å². The molecule has 1 unspecified atom stereocenters. The van der Waals surface area contributed by atoms with Crippen LogP contribution >= 0.6 is 0 Å². The molecule has 1 saturated carbocycles. The summed E-state index contributed by atoms with van der Waals surface area (Å²) in [7, 11) is 0. The summed E-state index contributed by atoms with van der Waals surface area (Å²) in [4.78, 5) is 11.3. The Morgan fingerprint density at radius 1 is 1.22 bits per heavy atom. The molecule has 0 spiro atoms. The number of hydrogen-bond donors (Lipinski definition) is 1. The maximum absolute atomic E-state index is 11.3. The van der Waals surface area contributed by atoms with Crippen LogP contribution in [0.3, 0.4) is 0 Å². The summed E-state index contributed by atoms with van der Waals surface area (Å²) in [5.74, 6) is 0.674. The SMILES string of the molecule is CCOC(=O)CCC(N)CC1CCCCCCC1. The maximum atomic E-state index is 11.3. The number of esters is 1. The van der Waals surface area contributed by atoms with Crippen LogP contribution < -0.4 is 5.73 Å². The molecule has 0 amide bonds. The van der Waals surface area contributed by atoms with E-state index in [0.717, 1.165) is 18.8 Å². The minimum Gasteiger partial charge on any atom is -0.466 e. The summed E-state index contributed by atoms with van der Waals surface area (Å²) in [5, 5.41) is 0. The molecule has 1 rings (SSSR count). The average Bonchev–Trinajstić information content (AvgIpc) is 2.30. The Hall–Kier alpha value is -0.570. The molecule has 0 aliphatic heterocycles. The minimum atomic E-state index is -0.106. The first-order valence-electron chi connectivity index (χ1n) is 7.63. The van der Waals surface area contributed by atoms with Gasteiger partial charge in [-0.2, -0.15) is 0 Å². The van der Waals surface area contributed by atoms with Gasteiger partial charge in [-0.25, -0.2) is 0 Å². The van der Waals surface area contributed by atoms with E-state index < -0.39 is 0 Å². The van der Waals surface area contributed by atoms with Crippen LogP contribution in [0.2, 0.25) is 0 Å². The lowest BCUT2D eigenvalue weighted by atomic mass is 9.86. The zero-order valence-corrected chi connectivity index (χ0v) is 11.8. The summed E-state index contributed by atoms with van der Waals surface area (Å²) in [5.41, 5.74) is 6.13. The highest BCUT2D eigenvalue weighted by atomic mass is 16.5. The van der Waals surface area contributed by atoms with Crippen molar-refractivity contribution in [3.63, 3.8) is 0 Å². The summed E-state index contributed by atoms with van der Waals surface area (Å²) < 4.78 is 4.92. The van der Waals surface area contributed by atoms with Crippen LogP contribution in [0.5, 0.6) is 0 Å². The van der Waals surface area contributed by atoms with Crippen LogP contribution in [-0.2, 0) is 9.53 Å². The molecule has 0 aromatic heterocycles. The lowest BCUT2D eigenvalue weighted by molar-refractivity contribution is -0.143. The molecule has 0 heterocycles. The summed E-state index contributed by atoms with van der Waals surface area (Å²) in [6.45, 7) is 2.31. The largest absolute Gasteiger partial charge is 0.466 e. The normalized spacial score (nSPS) is 19.9. The Morgan fingerprint density at radius 3 is 2.44 bits per heavy atom. The van der Waals surface area contributed by atoms with E-state index in [1.807, 2.05) is 6.92 Å². The average molecular weight is 255 g/mol. The second-order valence-electron chi connectivity index (χ2n) is 5.55. The summed E-state index contributed by atoms with van der Waals surface area (Å²) in [6, 6.07) is 0.166. The van der Waals surface area contributed by atoms with Gasteiger partial charge in [0.15, 0.2) is 0 Å². The van der Waals surface area contributed by atoms with E-state index in [2.05, 4.69) is 0 Å². The Morgan fingerprint density at radius 2 is 1.83 bits per heavy atom. The number of carbonyl (C=O) groups is 1. The second kappa shape index (κ2) is 9.37. The van der Waals surface area contributed by atoms with Gasteiger partial charge >= 0.3 is 5.97 Å². The first-order valence-corrected chi connectivity index (χ1v) is 7.63. The summed E-state index contributed by atoms with van der Waals surface area (Å²) >= 11 is 0.